The van der Waals surface area contributed by atoms with Gasteiger partial charge in [0.1, 0.15) is 5.75 Å². The molecule has 0 saturated carbocycles. The van der Waals surface area contributed by atoms with Crippen LogP contribution in [0, 0.1) is 13.8 Å². The Hall–Kier alpha value is -1.51. The molecule has 26 heavy (non-hydrogen) atoms. The molecule has 0 aromatic heterocycles. The van der Waals surface area contributed by atoms with E-state index in [1.54, 1.807) is 33.0 Å². The molecule has 0 spiro atoms. The quantitative estimate of drug-likeness (QED) is 0.731. The standard InChI is InChI=1S/C17H25F3N2O3.ClH/c1-11-5-13(6-12(2)16(11)25-10-17(18,19)20)9-22(3)15(23)7-14(8-21)24-4;/h5-6,14H,7-10,21H2,1-4H3;1H. The zero-order valence-electron chi connectivity index (χ0n) is 15.4. The Bertz CT molecular complexity index is 570. The van der Waals surface area contributed by atoms with Crippen molar-refractivity contribution in [2.45, 2.75) is 39.1 Å². The first-order valence-corrected chi connectivity index (χ1v) is 7.83. The molecule has 1 aromatic carbocycles. The summed E-state index contributed by atoms with van der Waals surface area (Å²) in [5.41, 5.74) is 7.51. The Morgan fingerprint density at radius 2 is 1.81 bits per heavy atom. The van der Waals surface area contributed by atoms with Crippen LogP contribution in [0.3, 0.4) is 0 Å². The van der Waals surface area contributed by atoms with Gasteiger partial charge in [-0.2, -0.15) is 13.2 Å². The summed E-state index contributed by atoms with van der Waals surface area (Å²) in [6.07, 6.45) is -4.55. The minimum atomic E-state index is -4.38. The molecule has 1 atom stereocenters. The number of amides is 1. The molecule has 1 amide bonds. The van der Waals surface area contributed by atoms with E-state index in [1.807, 2.05) is 0 Å². The molecular weight excluding hydrogens is 373 g/mol. The number of hydrogen-bond donors (Lipinski definition) is 1. The summed E-state index contributed by atoms with van der Waals surface area (Å²) < 4.78 is 46.9. The van der Waals surface area contributed by atoms with Gasteiger partial charge in [0.2, 0.25) is 5.91 Å². The smallest absolute Gasteiger partial charge is 0.422 e. The SMILES string of the molecule is COC(CN)CC(=O)N(C)Cc1cc(C)c(OCC(F)(F)F)c(C)c1.Cl. The maximum Gasteiger partial charge on any atom is 0.422 e. The van der Waals surface area contributed by atoms with Crippen molar-refractivity contribution in [3.8, 4) is 5.75 Å². The summed E-state index contributed by atoms with van der Waals surface area (Å²) in [7, 11) is 3.15. The number of alkyl halides is 3. The lowest BCUT2D eigenvalue weighted by atomic mass is 10.0. The van der Waals surface area contributed by atoms with Gasteiger partial charge in [-0.1, -0.05) is 12.1 Å². The fraction of sp³-hybridized carbons (Fsp3) is 0.588. The summed E-state index contributed by atoms with van der Waals surface area (Å²) in [5, 5.41) is 0. The predicted molar refractivity (Wildman–Crippen MR) is 95.7 cm³/mol. The van der Waals surface area contributed by atoms with Crippen molar-refractivity contribution < 1.29 is 27.4 Å². The van der Waals surface area contributed by atoms with Crippen LogP contribution >= 0.6 is 12.4 Å². The summed E-state index contributed by atoms with van der Waals surface area (Å²) in [6, 6.07) is 3.44. The Labute approximate surface area is 158 Å². The van der Waals surface area contributed by atoms with E-state index < -0.39 is 12.8 Å². The predicted octanol–water partition coefficient (Wildman–Crippen LogP) is 2.99. The highest BCUT2D eigenvalue weighted by Gasteiger charge is 2.29. The second-order valence-corrected chi connectivity index (χ2v) is 6.01. The van der Waals surface area contributed by atoms with E-state index in [0.717, 1.165) is 5.56 Å². The lowest BCUT2D eigenvalue weighted by Crippen LogP contribution is -2.33. The van der Waals surface area contributed by atoms with Crippen LogP contribution in [0.5, 0.6) is 5.75 Å². The average molecular weight is 399 g/mol. The molecule has 5 nitrogen and oxygen atoms in total. The van der Waals surface area contributed by atoms with Gasteiger partial charge in [-0.3, -0.25) is 4.79 Å². The Morgan fingerprint density at radius 1 is 1.27 bits per heavy atom. The van der Waals surface area contributed by atoms with Crippen LogP contribution in [0.2, 0.25) is 0 Å². The van der Waals surface area contributed by atoms with Crippen LogP contribution in [0.15, 0.2) is 12.1 Å². The van der Waals surface area contributed by atoms with Gasteiger partial charge in [-0.05, 0) is 30.5 Å². The van der Waals surface area contributed by atoms with E-state index in [-0.39, 0.29) is 43.1 Å². The van der Waals surface area contributed by atoms with Gasteiger partial charge in [0.05, 0.1) is 12.5 Å². The number of aryl methyl sites for hydroxylation is 2. The fourth-order valence-corrected chi connectivity index (χ4v) is 2.49. The van der Waals surface area contributed by atoms with Gasteiger partial charge in [-0.25, -0.2) is 0 Å². The number of hydrogen-bond acceptors (Lipinski definition) is 4. The highest BCUT2D eigenvalue weighted by Crippen LogP contribution is 2.27. The summed E-state index contributed by atoms with van der Waals surface area (Å²) in [5.74, 6) is 0.0997. The zero-order chi connectivity index (χ0) is 19.2. The number of nitrogens with zero attached hydrogens (tertiary/aromatic N) is 1. The third kappa shape index (κ3) is 7.80. The molecule has 9 heteroatoms. The second kappa shape index (κ2) is 10.6. The van der Waals surface area contributed by atoms with Crippen molar-refractivity contribution >= 4 is 18.3 Å². The number of carbonyl (C=O) groups is 1. The van der Waals surface area contributed by atoms with Crippen molar-refractivity contribution in [3.63, 3.8) is 0 Å². The van der Waals surface area contributed by atoms with Crippen LogP contribution in [-0.4, -0.2) is 50.4 Å². The van der Waals surface area contributed by atoms with Crippen LogP contribution in [0.1, 0.15) is 23.1 Å². The van der Waals surface area contributed by atoms with Crippen molar-refractivity contribution in [3.05, 3.63) is 28.8 Å². The highest BCUT2D eigenvalue weighted by molar-refractivity contribution is 5.85. The van der Waals surface area contributed by atoms with E-state index in [2.05, 4.69) is 0 Å². The van der Waals surface area contributed by atoms with Crippen LogP contribution < -0.4 is 10.5 Å². The second-order valence-electron chi connectivity index (χ2n) is 6.01. The first-order chi connectivity index (χ1) is 11.6. The molecule has 0 saturated heterocycles. The summed E-state index contributed by atoms with van der Waals surface area (Å²) in [6.45, 7) is 2.61. The van der Waals surface area contributed by atoms with Crippen molar-refractivity contribution in [1.82, 2.24) is 4.90 Å². The van der Waals surface area contributed by atoms with Crippen molar-refractivity contribution in [1.29, 1.82) is 0 Å². The molecule has 0 bridgehead atoms. The van der Waals surface area contributed by atoms with Crippen LogP contribution in [0.25, 0.3) is 0 Å². The third-order valence-electron chi connectivity index (χ3n) is 3.74. The molecule has 0 aliphatic rings. The minimum Gasteiger partial charge on any atom is -0.484 e. The molecule has 0 aliphatic heterocycles. The number of methoxy groups -OCH3 is 1. The molecule has 1 rings (SSSR count). The van der Waals surface area contributed by atoms with E-state index in [9.17, 15) is 18.0 Å². The van der Waals surface area contributed by atoms with Gasteiger partial charge in [0.25, 0.3) is 0 Å². The number of carbonyl (C=O) groups excluding carboxylic acids is 1. The monoisotopic (exact) mass is 398 g/mol. The zero-order valence-corrected chi connectivity index (χ0v) is 16.2. The number of benzene rings is 1. The van der Waals surface area contributed by atoms with Gasteiger partial charge in [0, 0.05) is 27.2 Å². The Balaban J connectivity index is 0.00000625. The maximum absolute atomic E-state index is 12.3. The molecule has 0 aliphatic carbocycles. The number of ether oxygens (including phenoxy) is 2. The van der Waals surface area contributed by atoms with Gasteiger partial charge < -0.3 is 20.1 Å². The van der Waals surface area contributed by atoms with Gasteiger partial charge in [-0.15, -0.1) is 12.4 Å². The van der Waals surface area contributed by atoms with E-state index in [4.69, 9.17) is 15.2 Å². The average Bonchev–Trinajstić information content (AvgIpc) is 2.50. The number of nitrogens with two attached hydrogens (primary N) is 1. The number of halogens is 4. The topological polar surface area (TPSA) is 64.8 Å². The van der Waals surface area contributed by atoms with E-state index >= 15 is 0 Å². The van der Waals surface area contributed by atoms with E-state index in [1.165, 1.54) is 12.0 Å². The van der Waals surface area contributed by atoms with Crippen LogP contribution in [-0.2, 0) is 16.1 Å². The van der Waals surface area contributed by atoms with Gasteiger partial charge >= 0.3 is 6.18 Å². The third-order valence-corrected chi connectivity index (χ3v) is 3.74. The molecule has 1 unspecified atom stereocenters. The Kier molecular flexibility index (Phi) is 9.98. The maximum atomic E-state index is 12.3. The molecule has 2 N–H and O–H groups in total. The first kappa shape index (κ1) is 24.5. The fourth-order valence-electron chi connectivity index (χ4n) is 2.49. The number of rotatable bonds is 8. The van der Waals surface area contributed by atoms with Crippen molar-refractivity contribution in [2.75, 3.05) is 27.3 Å². The van der Waals surface area contributed by atoms with Crippen molar-refractivity contribution in [2.24, 2.45) is 5.73 Å². The summed E-state index contributed by atoms with van der Waals surface area (Å²) >= 11 is 0. The molecule has 150 valence electrons. The summed E-state index contributed by atoms with van der Waals surface area (Å²) in [4.78, 5) is 13.7. The largest absolute Gasteiger partial charge is 0.484 e. The molecular formula is C17H26ClF3N2O3. The molecule has 1 aromatic rings. The molecule has 0 radical (unpaired) electrons. The lowest BCUT2D eigenvalue weighted by Gasteiger charge is -2.21. The van der Waals surface area contributed by atoms with E-state index in [0.29, 0.717) is 17.7 Å². The van der Waals surface area contributed by atoms with Crippen LogP contribution in [0.4, 0.5) is 13.2 Å². The highest BCUT2D eigenvalue weighted by atomic mass is 35.5. The first-order valence-electron chi connectivity index (χ1n) is 7.83. The lowest BCUT2D eigenvalue weighted by molar-refractivity contribution is -0.153. The minimum absolute atomic E-state index is 0. The normalized spacial score (nSPS) is 12.3. The Morgan fingerprint density at radius 3 is 2.23 bits per heavy atom. The molecule has 0 heterocycles. The molecule has 0 fully saturated rings. The van der Waals surface area contributed by atoms with Gasteiger partial charge in [0.15, 0.2) is 6.61 Å².